The third-order valence-electron chi connectivity index (χ3n) is 3.01. The van der Waals surface area contributed by atoms with E-state index in [9.17, 15) is 4.79 Å². The molecule has 0 saturated carbocycles. The van der Waals surface area contributed by atoms with Gasteiger partial charge < -0.3 is 4.74 Å². The molecule has 0 radical (unpaired) electrons. The minimum atomic E-state index is -0.252. The van der Waals surface area contributed by atoms with Crippen LogP contribution in [0.15, 0.2) is 24.3 Å². The lowest BCUT2D eigenvalue weighted by Gasteiger charge is -2.15. The number of carbonyl (C=O) groups is 1. The molecule has 0 unspecified atom stereocenters. The summed E-state index contributed by atoms with van der Waals surface area (Å²) in [6.45, 7) is 5.99. The molecule has 0 aliphatic rings. The van der Waals surface area contributed by atoms with Crippen molar-refractivity contribution < 1.29 is 9.53 Å². The number of hydrogen-bond donors (Lipinski definition) is 0. The van der Waals surface area contributed by atoms with E-state index in [4.69, 9.17) is 16.3 Å². The molecule has 5 heteroatoms. The first kappa shape index (κ1) is 14.6. The average molecular weight is 293 g/mol. The largest absolute Gasteiger partial charge is 0.497 e. The number of benzene rings is 1. The molecule has 0 atom stereocenters. The first-order valence-electron chi connectivity index (χ1n) is 6.27. The van der Waals surface area contributed by atoms with Crippen molar-refractivity contribution in [1.29, 1.82) is 0 Å². The summed E-state index contributed by atoms with van der Waals surface area (Å²) in [7, 11) is 1.61. The fourth-order valence-corrected chi connectivity index (χ4v) is 2.23. The van der Waals surface area contributed by atoms with Gasteiger partial charge in [0.2, 0.25) is 0 Å². The van der Waals surface area contributed by atoms with Crippen molar-refractivity contribution in [2.24, 2.45) is 0 Å². The van der Waals surface area contributed by atoms with Gasteiger partial charge >= 0.3 is 0 Å². The van der Waals surface area contributed by atoms with Crippen LogP contribution in [0.3, 0.4) is 0 Å². The molecule has 0 fully saturated rings. The third-order valence-corrected chi connectivity index (χ3v) is 3.37. The number of aldehydes is 1. The van der Waals surface area contributed by atoms with Gasteiger partial charge in [-0.2, -0.15) is 5.10 Å². The second-order valence-electron chi connectivity index (χ2n) is 5.53. The van der Waals surface area contributed by atoms with Crippen molar-refractivity contribution in [2.45, 2.75) is 26.2 Å². The molecule has 2 aromatic rings. The van der Waals surface area contributed by atoms with Gasteiger partial charge in [0.1, 0.15) is 10.9 Å². The summed E-state index contributed by atoms with van der Waals surface area (Å²) in [5.41, 5.74) is 1.66. The molecule has 20 heavy (non-hydrogen) atoms. The molecule has 1 aromatic heterocycles. The van der Waals surface area contributed by atoms with Crippen molar-refractivity contribution in [3.63, 3.8) is 0 Å². The van der Waals surface area contributed by atoms with Crippen LogP contribution in [-0.4, -0.2) is 23.2 Å². The highest BCUT2D eigenvalue weighted by Crippen LogP contribution is 2.30. The van der Waals surface area contributed by atoms with E-state index in [0.29, 0.717) is 16.4 Å². The normalized spacial score (nSPS) is 11.4. The van der Waals surface area contributed by atoms with E-state index < -0.39 is 0 Å². The maximum atomic E-state index is 11.3. The Morgan fingerprint density at radius 2 is 1.85 bits per heavy atom. The van der Waals surface area contributed by atoms with Gasteiger partial charge in [-0.15, -0.1) is 0 Å². The molecule has 0 bridgehead atoms. The molecule has 1 aromatic carbocycles. The summed E-state index contributed by atoms with van der Waals surface area (Å²) in [5.74, 6) is 0.753. The van der Waals surface area contributed by atoms with Gasteiger partial charge in [-0.05, 0) is 24.3 Å². The molecular weight excluding hydrogens is 276 g/mol. The van der Waals surface area contributed by atoms with Crippen molar-refractivity contribution in [3.05, 3.63) is 40.7 Å². The number of carbonyl (C=O) groups excluding carboxylic acids is 1. The summed E-state index contributed by atoms with van der Waals surface area (Å²) >= 11 is 6.28. The van der Waals surface area contributed by atoms with E-state index in [2.05, 4.69) is 5.10 Å². The number of ether oxygens (including phenoxy) is 1. The summed E-state index contributed by atoms with van der Waals surface area (Å²) < 4.78 is 6.70. The van der Waals surface area contributed by atoms with Crippen LogP contribution in [-0.2, 0) is 5.41 Å². The molecule has 1 heterocycles. The van der Waals surface area contributed by atoms with Gasteiger partial charge in [0.15, 0.2) is 6.29 Å². The minimum Gasteiger partial charge on any atom is -0.497 e. The van der Waals surface area contributed by atoms with Gasteiger partial charge in [0.25, 0.3) is 0 Å². The van der Waals surface area contributed by atoms with Crippen molar-refractivity contribution in [1.82, 2.24) is 9.78 Å². The molecule has 2 rings (SSSR count). The molecule has 0 N–H and O–H groups in total. The van der Waals surface area contributed by atoms with Crippen LogP contribution in [0.25, 0.3) is 5.69 Å². The Hall–Kier alpha value is -1.81. The quantitative estimate of drug-likeness (QED) is 0.811. The highest BCUT2D eigenvalue weighted by atomic mass is 35.5. The number of rotatable bonds is 3. The van der Waals surface area contributed by atoms with Crippen LogP contribution in [0.1, 0.15) is 36.8 Å². The first-order valence-corrected chi connectivity index (χ1v) is 6.65. The number of aromatic nitrogens is 2. The van der Waals surface area contributed by atoms with Crippen molar-refractivity contribution in [2.75, 3.05) is 7.11 Å². The smallest absolute Gasteiger partial charge is 0.155 e. The number of halogens is 1. The monoisotopic (exact) mass is 292 g/mol. The molecule has 0 spiro atoms. The van der Waals surface area contributed by atoms with Gasteiger partial charge in [0, 0.05) is 5.41 Å². The van der Waals surface area contributed by atoms with Crippen molar-refractivity contribution >= 4 is 17.9 Å². The Kier molecular flexibility index (Phi) is 3.86. The Balaban J connectivity index is 2.57. The molecule has 0 aliphatic carbocycles. The van der Waals surface area contributed by atoms with Crippen LogP contribution in [0, 0.1) is 0 Å². The van der Waals surface area contributed by atoms with Gasteiger partial charge in [0.05, 0.1) is 24.1 Å². The van der Waals surface area contributed by atoms with Crippen LogP contribution in [0.4, 0.5) is 0 Å². The predicted octanol–water partition coefficient (Wildman–Crippen LogP) is 3.64. The van der Waals surface area contributed by atoms with Crippen LogP contribution in [0.2, 0.25) is 5.15 Å². The van der Waals surface area contributed by atoms with Crippen LogP contribution in [0.5, 0.6) is 5.75 Å². The lowest BCUT2D eigenvalue weighted by atomic mass is 9.90. The van der Waals surface area contributed by atoms with E-state index in [-0.39, 0.29) is 5.41 Å². The summed E-state index contributed by atoms with van der Waals surface area (Å²) in [5, 5.41) is 4.82. The van der Waals surface area contributed by atoms with Crippen LogP contribution >= 0.6 is 11.6 Å². The van der Waals surface area contributed by atoms with E-state index in [1.165, 1.54) is 0 Å². The van der Waals surface area contributed by atoms with Gasteiger partial charge in [-0.1, -0.05) is 32.4 Å². The maximum absolute atomic E-state index is 11.3. The SMILES string of the molecule is COc1ccc(-n2nc(C(C)(C)C)c(C=O)c2Cl)cc1. The summed E-state index contributed by atoms with van der Waals surface area (Å²) in [6.07, 6.45) is 0.760. The summed E-state index contributed by atoms with van der Waals surface area (Å²) in [4.78, 5) is 11.3. The maximum Gasteiger partial charge on any atom is 0.155 e. The second kappa shape index (κ2) is 5.29. The second-order valence-corrected chi connectivity index (χ2v) is 5.89. The third kappa shape index (κ3) is 2.56. The molecule has 4 nitrogen and oxygen atoms in total. The van der Waals surface area contributed by atoms with Gasteiger partial charge in [-0.25, -0.2) is 4.68 Å². The zero-order valence-corrected chi connectivity index (χ0v) is 12.7. The average Bonchev–Trinajstić information content (AvgIpc) is 2.76. The number of nitrogens with zero attached hydrogens (tertiary/aromatic N) is 2. The fraction of sp³-hybridized carbons (Fsp3) is 0.333. The molecule has 106 valence electrons. The topological polar surface area (TPSA) is 44.1 Å². The zero-order chi connectivity index (χ0) is 14.9. The molecular formula is C15H17ClN2O2. The van der Waals surface area contributed by atoms with Crippen molar-refractivity contribution in [3.8, 4) is 11.4 Å². The standard InChI is InChI=1S/C15H17ClN2O2/c1-15(2,3)13-12(9-19)14(16)18(17-13)10-5-7-11(20-4)8-6-10/h5-9H,1-4H3. The predicted molar refractivity (Wildman–Crippen MR) is 79.2 cm³/mol. The van der Waals surface area contributed by atoms with Crippen LogP contribution < -0.4 is 4.74 Å². The van der Waals surface area contributed by atoms with E-state index >= 15 is 0 Å². The molecule has 0 aliphatic heterocycles. The summed E-state index contributed by atoms with van der Waals surface area (Å²) in [6, 6.07) is 7.34. The van der Waals surface area contributed by atoms with E-state index in [1.807, 2.05) is 45.0 Å². The Morgan fingerprint density at radius 3 is 2.25 bits per heavy atom. The molecule has 0 amide bonds. The number of methoxy groups -OCH3 is 1. The van der Waals surface area contributed by atoms with Gasteiger partial charge in [-0.3, -0.25) is 4.79 Å². The Morgan fingerprint density at radius 1 is 1.25 bits per heavy atom. The highest BCUT2D eigenvalue weighted by molar-refractivity contribution is 6.32. The van der Waals surface area contributed by atoms with E-state index in [0.717, 1.165) is 17.7 Å². The fourth-order valence-electron chi connectivity index (χ4n) is 1.96. The first-order chi connectivity index (χ1) is 9.38. The van der Waals surface area contributed by atoms with E-state index in [1.54, 1.807) is 11.8 Å². The highest BCUT2D eigenvalue weighted by Gasteiger charge is 2.26. The lowest BCUT2D eigenvalue weighted by Crippen LogP contribution is -2.14. The Bertz CT molecular complexity index is 625. The lowest BCUT2D eigenvalue weighted by molar-refractivity contribution is 0.112. The minimum absolute atomic E-state index is 0.252. The number of hydrogen-bond acceptors (Lipinski definition) is 3. The zero-order valence-electron chi connectivity index (χ0n) is 12.0. The Labute approximate surface area is 123 Å². The molecule has 0 saturated heterocycles.